The Balaban J connectivity index is 0.000000204. The summed E-state index contributed by atoms with van der Waals surface area (Å²) in [5, 5.41) is 15.6. The number of benzene rings is 4. The number of likely N-dealkylation sites (tertiary alicyclic amines) is 1. The highest BCUT2D eigenvalue weighted by atomic mass is 35.5. The van der Waals surface area contributed by atoms with Crippen LogP contribution in [0.5, 0.6) is 0 Å². The van der Waals surface area contributed by atoms with Crippen LogP contribution in [0.4, 0.5) is 4.79 Å². The number of hydrogen-bond donors (Lipinski definition) is 2. The molecule has 8 heteroatoms. The number of hydrogen-bond acceptors (Lipinski definition) is 3. The molecule has 1 saturated carbocycles. The van der Waals surface area contributed by atoms with Crippen molar-refractivity contribution in [1.29, 1.82) is 0 Å². The van der Waals surface area contributed by atoms with Crippen molar-refractivity contribution in [1.82, 2.24) is 15.1 Å². The van der Waals surface area contributed by atoms with E-state index < -0.39 is 6.09 Å². The van der Waals surface area contributed by atoms with Crippen molar-refractivity contribution in [3.05, 3.63) is 118 Å². The van der Waals surface area contributed by atoms with Crippen molar-refractivity contribution < 1.29 is 14.7 Å². The van der Waals surface area contributed by atoms with Gasteiger partial charge in [0.1, 0.15) is 0 Å². The molecule has 2 fully saturated rings. The SMILES string of the molecule is CC(=O)NC1(c2ccccc2)CCN(C[C@@H]2C[C@@H]2c2ccc(Cl)c(Cl)c2)CC1.CN(Cc1cccc2ccccc12)C(=O)O. The summed E-state index contributed by atoms with van der Waals surface area (Å²) in [4.78, 5) is 26.5. The van der Waals surface area contributed by atoms with E-state index in [-0.39, 0.29) is 11.4 Å². The predicted octanol–water partition coefficient (Wildman–Crippen LogP) is 8.17. The zero-order valence-electron chi connectivity index (χ0n) is 25.2. The first kappa shape index (κ1) is 31.8. The average molecular weight is 633 g/mol. The van der Waals surface area contributed by atoms with Crippen LogP contribution in [0.2, 0.25) is 10.0 Å². The molecule has 0 unspecified atom stereocenters. The van der Waals surface area contributed by atoms with E-state index in [4.69, 9.17) is 28.3 Å². The van der Waals surface area contributed by atoms with E-state index >= 15 is 0 Å². The van der Waals surface area contributed by atoms with Gasteiger partial charge in [-0.15, -0.1) is 0 Å². The fourth-order valence-electron chi connectivity index (χ4n) is 6.38. The zero-order valence-corrected chi connectivity index (χ0v) is 26.7. The lowest BCUT2D eigenvalue weighted by molar-refractivity contribution is -0.121. The minimum Gasteiger partial charge on any atom is -0.465 e. The number of halogens is 2. The van der Waals surface area contributed by atoms with Crippen molar-refractivity contribution in [3.63, 3.8) is 0 Å². The van der Waals surface area contributed by atoms with Crippen LogP contribution in [-0.2, 0) is 16.9 Å². The number of nitrogens with zero attached hydrogens (tertiary/aromatic N) is 2. The lowest BCUT2D eigenvalue weighted by atomic mass is 9.80. The first-order valence-corrected chi connectivity index (χ1v) is 15.8. The Morgan fingerprint density at radius 1 is 0.932 bits per heavy atom. The van der Waals surface area contributed by atoms with Gasteiger partial charge in [-0.2, -0.15) is 0 Å². The summed E-state index contributed by atoms with van der Waals surface area (Å²) in [5.74, 6) is 1.31. The summed E-state index contributed by atoms with van der Waals surface area (Å²) in [6, 6.07) is 30.3. The summed E-state index contributed by atoms with van der Waals surface area (Å²) < 4.78 is 0. The highest BCUT2D eigenvalue weighted by Gasteiger charge is 2.42. The van der Waals surface area contributed by atoms with Crippen molar-refractivity contribution in [2.75, 3.05) is 26.7 Å². The van der Waals surface area contributed by atoms with Gasteiger partial charge >= 0.3 is 6.09 Å². The number of carboxylic acid groups (broad SMARTS) is 1. The second-order valence-corrected chi connectivity index (χ2v) is 12.8. The molecule has 1 aliphatic heterocycles. The van der Waals surface area contributed by atoms with Gasteiger partial charge in [0.05, 0.1) is 15.6 Å². The minimum absolute atomic E-state index is 0.0409. The third kappa shape index (κ3) is 7.73. The molecule has 1 saturated heterocycles. The molecule has 0 bridgehead atoms. The Kier molecular flexibility index (Phi) is 10.1. The van der Waals surface area contributed by atoms with Crippen molar-refractivity contribution in [2.24, 2.45) is 5.92 Å². The summed E-state index contributed by atoms with van der Waals surface area (Å²) in [7, 11) is 1.57. The maximum Gasteiger partial charge on any atom is 0.407 e. The van der Waals surface area contributed by atoms with Gasteiger partial charge < -0.3 is 20.2 Å². The molecular weight excluding hydrogens is 593 g/mol. The van der Waals surface area contributed by atoms with E-state index in [1.54, 1.807) is 14.0 Å². The van der Waals surface area contributed by atoms with Gasteiger partial charge in [-0.3, -0.25) is 4.79 Å². The van der Waals surface area contributed by atoms with E-state index in [0.29, 0.717) is 28.4 Å². The third-order valence-corrected chi connectivity index (χ3v) is 9.59. The second-order valence-electron chi connectivity index (χ2n) is 12.0. The molecule has 0 radical (unpaired) electrons. The predicted molar refractivity (Wildman–Crippen MR) is 178 cm³/mol. The van der Waals surface area contributed by atoms with Crippen LogP contribution in [-0.4, -0.2) is 53.6 Å². The second kappa shape index (κ2) is 14.0. The number of nitrogens with one attached hydrogen (secondary N) is 1. The molecule has 4 aromatic carbocycles. The Labute approximate surface area is 269 Å². The number of fused-ring (bicyclic) bond motifs is 1. The zero-order chi connectivity index (χ0) is 31.3. The molecule has 1 aliphatic carbocycles. The molecule has 2 atom stereocenters. The van der Waals surface area contributed by atoms with E-state index in [1.807, 2.05) is 60.7 Å². The quantitative estimate of drug-likeness (QED) is 0.216. The smallest absolute Gasteiger partial charge is 0.407 e. The van der Waals surface area contributed by atoms with Gasteiger partial charge in [0.15, 0.2) is 0 Å². The fraction of sp³-hybridized carbons (Fsp3) is 0.333. The standard InChI is InChI=1S/C23H26Cl2N2O.C13H13NO2/c1-16(28)26-23(19-5-3-2-4-6-19)9-11-27(12-10-23)15-18-13-20(18)17-7-8-21(24)22(25)14-17;1-14(13(15)16)9-11-7-4-6-10-5-2-3-8-12(10)11/h2-8,14,18,20H,9-13,15H2,1H3,(H,26,28);2-8H,9H2,1H3,(H,15,16)/t18-,20+;/m0./s1. The van der Waals surface area contributed by atoms with Crippen LogP contribution in [0, 0.1) is 5.92 Å². The molecular formula is C36H39Cl2N3O3. The van der Waals surface area contributed by atoms with Crippen LogP contribution < -0.4 is 5.32 Å². The molecule has 0 spiro atoms. The van der Waals surface area contributed by atoms with Crippen molar-refractivity contribution >= 4 is 46.0 Å². The highest BCUT2D eigenvalue weighted by molar-refractivity contribution is 6.42. The number of rotatable bonds is 7. The highest BCUT2D eigenvalue weighted by Crippen LogP contribution is 2.49. The van der Waals surface area contributed by atoms with E-state index in [2.05, 4.69) is 40.5 Å². The van der Waals surface area contributed by atoms with Gasteiger partial charge in [0, 0.05) is 40.2 Å². The van der Waals surface area contributed by atoms with E-state index in [9.17, 15) is 9.59 Å². The van der Waals surface area contributed by atoms with E-state index in [1.165, 1.54) is 22.4 Å². The summed E-state index contributed by atoms with van der Waals surface area (Å²) in [6.45, 7) is 5.13. The van der Waals surface area contributed by atoms with Crippen LogP contribution in [0.1, 0.15) is 48.8 Å². The maximum atomic E-state index is 11.9. The van der Waals surface area contributed by atoms with Gasteiger partial charge in [0.25, 0.3) is 0 Å². The molecule has 2 aliphatic rings. The Morgan fingerprint density at radius 3 is 2.30 bits per heavy atom. The molecule has 6 nitrogen and oxygen atoms in total. The molecule has 6 rings (SSSR count). The lowest BCUT2D eigenvalue weighted by Crippen LogP contribution is -2.52. The first-order valence-electron chi connectivity index (χ1n) is 15.1. The monoisotopic (exact) mass is 631 g/mol. The Morgan fingerprint density at radius 2 is 1.61 bits per heavy atom. The summed E-state index contributed by atoms with van der Waals surface area (Å²) >= 11 is 12.2. The molecule has 2 amide bonds. The van der Waals surface area contributed by atoms with Gasteiger partial charge in [-0.05, 0) is 70.7 Å². The lowest BCUT2D eigenvalue weighted by Gasteiger charge is -2.43. The van der Waals surface area contributed by atoms with Crippen LogP contribution in [0.3, 0.4) is 0 Å². The van der Waals surface area contributed by atoms with Crippen LogP contribution in [0.25, 0.3) is 10.8 Å². The summed E-state index contributed by atoms with van der Waals surface area (Å²) in [6.07, 6.45) is 2.19. The molecule has 44 heavy (non-hydrogen) atoms. The first-order chi connectivity index (χ1) is 21.1. The largest absolute Gasteiger partial charge is 0.465 e. The van der Waals surface area contributed by atoms with Crippen LogP contribution >= 0.6 is 23.2 Å². The van der Waals surface area contributed by atoms with E-state index in [0.717, 1.165) is 48.8 Å². The molecule has 4 aromatic rings. The van der Waals surface area contributed by atoms with Crippen LogP contribution in [0.15, 0.2) is 91.0 Å². The molecule has 2 N–H and O–H groups in total. The average Bonchev–Trinajstić information content (AvgIpc) is 3.79. The number of amides is 2. The molecule has 230 valence electrons. The summed E-state index contributed by atoms with van der Waals surface area (Å²) in [5.41, 5.74) is 3.30. The molecule has 1 heterocycles. The van der Waals surface area contributed by atoms with Gasteiger partial charge in [0.2, 0.25) is 5.91 Å². The fourth-order valence-corrected chi connectivity index (χ4v) is 6.69. The molecule has 0 aromatic heterocycles. The number of carbonyl (C=O) groups is 2. The number of carbonyl (C=O) groups excluding carboxylic acids is 1. The maximum absolute atomic E-state index is 11.9. The normalized spacial score (nSPS) is 19.0. The van der Waals surface area contributed by atoms with Gasteiger partial charge in [-0.25, -0.2) is 4.79 Å². The Hall–Kier alpha value is -3.58. The number of piperidine rings is 1. The van der Waals surface area contributed by atoms with Gasteiger partial charge in [-0.1, -0.05) is 102 Å². The topological polar surface area (TPSA) is 72.9 Å². The van der Waals surface area contributed by atoms with Crippen molar-refractivity contribution in [2.45, 2.75) is 44.2 Å². The minimum atomic E-state index is -0.909. The third-order valence-electron chi connectivity index (χ3n) is 8.85. The Bertz CT molecular complexity index is 1600. The van der Waals surface area contributed by atoms with Crippen molar-refractivity contribution in [3.8, 4) is 0 Å².